The second-order valence-corrected chi connectivity index (χ2v) is 15.4. The number of halogens is 2. The molecule has 1 amide bonds. The van der Waals surface area contributed by atoms with E-state index in [1.807, 2.05) is 13.1 Å². The van der Waals surface area contributed by atoms with Crippen molar-refractivity contribution < 1.29 is 18.4 Å². The summed E-state index contributed by atoms with van der Waals surface area (Å²) < 4.78 is 31.4. The summed E-state index contributed by atoms with van der Waals surface area (Å²) in [4.78, 5) is 40.4. The quantitative estimate of drug-likeness (QED) is 0.0586. The number of allylic oxidation sites excluding steroid dienone is 1. The Kier molecular flexibility index (Phi) is 15.2. The van der Waals surface area contributed by atoms with Crippen molar-refractivity contribution in [3.63, 3.8) is 0 Å². The molecule has 0 bridgehead atoms. The van der Waals surface area contributed by atoms with Crippen molar-refractivity contribution in [1.29, 1.82) is 0 Å². The van der Waals surface area contributed by atoms with Gasteiger partial charge >= 0.3 is 0 Å². The van der Waals surface area contributed by atoms with Crippen molar-refractivity contribution in [2.24, 2.45) is 27.7 Å². The van der Waals surface area contributed by atoms with Gasteiger partial charge < -0.3 is 20.4 Å². The molecule has 4 heterocycles. The number of rotatable bonds is 20. The van der Waals surface area contributed by atoms with Crippen molar-refractivity contribution in [2.45, 2.75) is 71.8 Å². The lowest BCUT2D eigenvalue weighted by Gasteiger charge is -2.38. The lowest BCUT2D eigenvalue weighted by atomic mass is 9.82. The number of fused-ring (bicyclic) bond motifs is 1. The number of hydrogen-bond donors (Lipinski definition) is 2. The van der Waals surface area contributed by atoms with E-state index in [9.17, 15) is 18.4 Å². The molecule has 2 aliphatic rings. The Hall–Kier alpha value is -4.14. The zero-order chi connectivity index (χ0) is 38.6. The zero-order valence-electron chi connectivity index (χ0n) is 32.0. The number of alkyl halides is 2. The van der Waals surface area contributed by atoms with Crippen LogP contribution >= 0.6 is 11.3 Å². The van der Waals surface area contributed by atoms with E-state index in [1.54, 1.807) is 24.0 Å². The average molecular weight is 764 g/mol. The second kappa shape index (κ2) is 20.0. The third-order valence-corrected chi connectivity index (χ3v) is 11.8. The van der Waals surface area contributed by atoms with E-state index in [4.69, 9.17) is 5.10 Å². The number of anilines is 2. The highest BCUT2D eigenvalue weighted by atomic mass is 32.1. The molecule has 1 saturated heterocycles. The normalized spacial score (nSPS) is 17.5. The minimum atomic E-state index is -2.63. The predicted octanol–water partition coefficient (Wildman–Crippen LogP) is 6.48. The first-order valence-electron chi connectivity index (χ1n) is 19.1. The molecule has 1 fully saturated rings. The molecule has 0 saturated carbocycles. The predicted molar refractivity (Wildman–Crippen MR) is 215 cm³/mol. The molecule has 2 N–H and O–H groups in total. The van der Waals surface area contributed by atoms with Crippen molar-refractivity contribution >= 4 is 48.5 Å². The molecule has 14 heteroatoms. The van der Waals surface area contributed by atoms with Gasteiger partial charge in [-0.05, 0) is 87.9 Å². The molecular weight excluding hydrogens is 709 g/mol. The van der Waals surface area contributed by atoms with Crippen LogP contribution in [0.3, 0.4) is 0 Å². The van der Waals surface area contributed by atoms with Crippen LogP contribution in [0.1, 0.15) is 74.9 Å². The maximum atomic E-state index is 14.6. The van der Waals surface area contributed by atoms with Gasteiger partial charge in [0.15, 0.2) is 12.1 Å². The molecule has 2 aromatic heterocycles. The molecule has 1 aromatic carbocycles. The molecule has 3 aromatic rings. The first-order valence-corrected chi connectivity index (χ1v) is 20.0. The number of carbonyl (C=O) groups is 2. The number of aldehydes is 1. The Bertz CT molecular complexity index is 1750. The fourth-order valence-electron chi connectivity index (χ4n) is 8.20. The van der Waals surface area contributed by atoms with E-state index in [2.05, 4.69) is 67.6 Å². The SMILES string of the molecule is C=N/C=C(/C=O)C=NCC(C)C(CN1CCC(n2nc(N3CCCc4cc(-c5cncs5)c(C(F)F)cc43)c(CC)c2CCNC=O)CC1)C(C)CNC. The molecule has 54 heavy (non-hydrogen) atoms. The number of nitrogens with one attached hydrogen (secondary N) is 2. The summed E-state index contributed by atoms with van der Waals surface area (Å²) in [5, 5.41) is 11.5. The number of amides is 1. The van der Waals surface area contributed by atoms with E-state index in [1.165, 1.54) is 17.5 Å². The van der Waals surface area contributed by atoms with Gasteiger partial charge in [0.05, 0.1) is 22.0 Å². The lowest BCUT2D eigenvalue weighted by Crippen LogP contribution is -2.43. The third-order valence-electron chi connectivity index (χ3n) is 11.0. The smallest absolute Gasteiger partial charge is 0.264 e. The Morgan fingerprint density at radius 1 is 1.17 bits per heavy atom. The fourth-order valence-corrected chi connectivity index (χ4v) is 8.86. The van der Waals surface area contributed by atoms with Gasteiger partial charge in [0.2, 0.25) is 6.41 Å². The molecule has 0 aliphatic carbocycles. The van der Waals surface area contributed by atoms with Crippen molar-refractivity contribution in [1.82, 2.24) is 30.3 Å². The number of aromatic nitrogens is 3. The Morgan fingerprint density at radius 2 is 1.96 bits per heavy atom. The number of hydrogen-bond acceptors (Lipinski definition) is 10. The van der Waals surface area contributed by atoms with E-state index in [0.717, 1.165) is 104 Å². The summed E-state index contributed by atoms with van der Waals surface area (Å²) in [5.74, 6) is 1.93. The van der Waals surface area contributed by atoms with Gasteiger partial charge in [0.25, 0.3) is 6.43 Å². The first-order chi connectivity index (χ1) is 26.2. The van der Waals surface area contributed by atoms with Crippen LogP contribution in [-0.4, -0.2) is 98.2 Å². The number of benzene rings is 1. The maximum Gasteiger partial charge on any atom is 0.264 e. The Labute approximate surface area is 322 Å². The van der Waals surface area contributed by atoms with Gasteiger partial charge in [0, 0.05) is 92.4 Å². The van der Waals surface area contributed by atoms with Crippen LogP contribution in [0.25, 0.3) is 10.4 Å². The van der Waals surface area contributed by atoms with Crippen LogP contribution in [0.4, 0.5) is 20.3 Å². The minimum absolute atomic E-state index is 0.0150. The van der Waals surface area contributed by atoms with Crippen molar-refractivity contribution in [3.8, 4) is 10.4 Å². The summed E-state index contributed by atoms with van der Waals surface area (Å²) in [6, 6.07) is 3.78. The van der Waals surface area contributed by atoms with Gasteiger partial charge in [-0.25, -0.2) is 8.78 Å². The van der Waals surface area contributed by atoms with Gasteiger partial charge in [-0.2, -0.15) is 5.10 Å². The maximum absolute atomic E-state index is 14.6. The molecular formula is C40H55F2N9O2S. The number of aliphatic imine (C=N–C) groups is 2. The third kappa shape index (κ3) is 9.74. The number of piperidine rings is 1. The van der Waals surface area contributed by atoms with Gasteiger partial charge in [0.1, 0.15) is 0 Å². The summed E-state index contributed by atoms with van der Waals surface area (Å²) in [6.07, 6.45) is 8.39. The summed E-state index contributed by atoms with van der Waals surface area (Å²) in [5.41, 5.74) is 6.69. The van der Waals surface area contributed by atoms with E-state index in [0.29, 0.717) is 54.9 Å². The number of likely N-dealkylation sites (tertiary alicyclic amines) is 1. The van der Waals surface area contributed by atoms with Crippen LogP contribution in [0, 0.1) is 17.8 Å². The molecule has 3 atom stereocenters. The molecule has 2 aliphatic heterocycles. The van der Waals surface area contributed by atoms with Crippen molar-refractivity contribution in [3.05, 3.63) is 58.0 Å². The van der Waals surface area contributed by atoms with Crippen LogP contribution in [0.5, 0.6) is 0 Å². The topological polar surface area (TPSA) is 120 Å². The molecule has 0 spiro atoms. The highest BCUT2D eigenvalue weighted by Crippen LogP contribution is 2.43. The summed E-state index contributed by atoms with van der Waals surface area (Å²) >= 11 is 1.37. The summed E-state index contributed by atoms with van der Waals surface area (Å²) in [7, 11) is 1.98. The molecule has 11 nitrogen and oxygen atoms in total. The Morgan fingerprint density at radius 3 is 2.61 bits per heavy atom. The van der Waals surface area contributed by atoms with E-state index in [-0.39, 0.29) is 11.6 Å². The number of nitrogens with zero attached hydrogens (tertiary/aromatic N) is 7. The van der Waals surface area contributed by atoms with Crippen LogP contribution < -0.4 is 15.5 Å². The molecule has 5 rings (SSSR count). The molecule has 292 valence electrons. The minimum Gasteiger partial charge on any atom is -0.358 e. The monoisotopic (exact) mass is 763 g/mol. The summed E-state index contributed by atoms with van der Waals surface area (Å²) in [6.45, 7) is 15.5. The van der Waals surface area contributed by atoms with Gasteiger partial charge in [-0.3, -0.25) is 29.2 Å². The van der Waals surface area contributed by atoms with Crippen LogP contribution in [-0.2, 0) is 28.9 Å². The van der Waals surface area contributed by atoms with Gasteiger partial charge in [-0.1, -0.05) is 20.8 Å². The van der Waals surface area contributed by atoms with Crippen LogP contribution in [0.15, 0.2) is 45.6 Å². The first kappa shape index (κ1) is 41.0. The molecule has 0 radical (unpaired) electrons. The molecule has 3 unspecified atom stereocenters. The lowest BCUT2D eigenvalue weighted by molar-refractivity contribution is -0.109. The largest absolute Gasteiger partial charge is 0.358 e. The van der Waals surface area contributed by atoms with E-state index < -0.39 is 6.43 Å². The van der Waals surface area contributed by atoms with E-state index >= 15 is 0 Å². The highest BCUT2D eigenvalue weighted by Gasteiger charge is 2.33. The Balaban J connectivity index is 1.39. The number of carbonyl (C=O) groups excluding carboxylic acids is 2. The highest BCUT2D eigenvalue weighted by molar-refractivity contribution is 7.13. The van der Waals surface area contributed by atoms with Crippen molar-refractivity contribution in [2.75, 3.05) is 57.8 Å². The van der Waals surface area contributed by atoms with Crippen LogP contribution in [0.2, 0.25) is 0 Å². The fraction of sp³-hybridized carbons (Fsp3) is 0.550. The number of thiazole rings is 1. The van der Waals surface area contributed by atoms with Gasteiger partial charge in [-0.15, -0.1) is 11.3 Å². The standard InChI is InChI=1S/C40H55F2N9O2S/c1-6-32-36(9-12-45-25-53)51(48-40(32)50-13-7-8-30-16-33(38-22-47-26-54-38)34(39(41)42)17-37(30)50)31-10-14-49(15-11-31)23-35(27(2)18-43-4)28(3)19-46-21-29(24-52)20-44-5/h16-17,20-22,24-28,31,35,39,43H,5-15,18-19,23H2,1-4H3,(H,45,53)/b29-20+,46-21?. The number of aryl methyl sites for hydroxylation is 1. The average Bonchev–Trinajstić information content (AvgIpc) is 3.85. The zero-order valence-corrected chi connectivity index (χ0v) is 32.8. The second-order valence-electron chi connectivity index (χ2n) is 14.5.